The summed E-state index contributed by atoms with van der Waals surface area (Å²) in [4.78, 5) is 41.3. The van der Waals surface area contributed by atoms with Crippen molar-refractivity contribution in [1.82, 2.24) is 34.9 Å². The Morgan fingerprint density at radius 3 is 2.65 bits per heavy atom. The lowest BCUT2D eigenvalue weighted by Gasteiger charge is -2.34. The number of aromatic nitrogens is 4. The molecule has 188 valence electrons. The van der Waals surface area contributed by atoms with E-state index >= 15 is 0 Å². The van der Waals surface area contributed by atoms with E-state index in [4.69, 9.17) is 0 Å². The zero-order valence-electron chi connectivity index (χ0n) is 20.6. The molecule has 0 spiro atoms. The number of nitrogens with one attached hydrogen (secondary N) is 1. The van der Waals surface area contributed by atoms with Crippen LogP contribution in [0.25, 0.3) is 11.0 Å². The number of aromatic amines is 1. The van der Waals surface area contributed by atoms with Gasteiger partial charge in [-0.1, -0.05) is 18.2 Å². The molecule has 2 aliphatic rings. The minimum absolute atomic E-state index is 0.0221. The maximum absolute atomic E-state index is 13.2. The lowest BCUT2D eigenvalue weighted by molar-refractivity contribution is -0.131. The Kier molecular flexibility index (Phi) is 6.36. The van der Waals surface area contributed by atoms with Gasteiger partial charge in [0.25, 0.3) is 5.91 Å². The number of nitrogens with zero attached hydrogens (tertiary/aromatic N) is 6. The van der Waals surface area contributed by atoms with E-state index in [1.165, 1.54) is 5.56 Å². The van der Waals surface area contributed by atoms with Crippen LogP contribution in [0.2, 0.25) is 0 Å². The summed E-state index contributed by atoms with van der Waals surface area (Å²) in [7, 11) is 0. The first kappa shape index (κ1) is 23.3. The summed E-state index contributed by atoms with van der Waals surface area (Å²) < 4.78 is 0. The molecule has 0 bridgehead atoms. The Bertz CT molecular complexity index is 1430. The zero-order chi connectivity index (χ0) is 25.2. The molecule has 0 atom stereocenters. The molecule has 9 nitrogen and oxygen atoms in total. The SMILES string of the molecule is O=C(Cc1cccc(C(=O)N2CCN(Cc3ccccn3)CC2)c1)N1CCc2c(cnc3[nH]ncc23)C1. The summed E-state index contributed by atoms with van der Waals surface area (Å²) in [6.45, 7) is 5.00. The normalized spacial score (nSPS) is 16.1. The van der Waals surface area contributed by atoms with Crippen LogP contribution in [0.15, 0.2) is 61.1 Å². The van der Waals surface area contributed by atoms with E-state index in [0.717, 1.165) is 53.9 Å². The molecule has 0 saturated carbocycles. The van der Waals surface area contributed by atoms with Crippen LogP contribution in [0, 0.1) is 0 Å². The Labute approximate surface area is 215 Å². The molecule has 37 heavy (non-hydrogen) atoms. The predicted octanol–water partition coefficient (Wildman–Crippen LogP) is 2.44. The summed E-state index contributed by atoms with van der Waals surface area (Å²) in [5.41, 5.74) is 5.62. The van der Waals surface area contributed by atoms with Crippen molar-refractivity contribution in [2.75, 3.05) is 32.7 Å². The molecule has 0 aliphatic carbocycles. The van der Waals surface area contributed by atoms with Crippen LogP contribution in [-0.4, -0.2) is 79.4 Å². The number of H-pyrrole nitrogens is 1. The fraction of sp³-hybridized carbons (Fsp3) is 0.321. The molecule has 6 rings (SSSR count). The number of fused-ring (bicyclic) bond motifs is 3. The molecule has 1 N–H and O–H groups in total. The van der Waals surface area contributed by atoms with Crippen LogP contribution >= 0.6 is 0 Å². The summed E-state index contributed by atoms with van der Waals surface area (Å²) in [5.74, 6) is 0.0829. The van der Waals surface area contributed by atoms with Crippen molar-refractivity contribution >= 4 is 22.8 Å². The number of amides is 2. The van der Waals surface area contributed by atoms with Crippen molar-refractivity contribution in [2.24, 2.45) is 0 Å². The number of benzene rings is 1. The number of carbonyl (C=O) groups excluding carboxylic acids is 2. The van der Waals surface area contributed by atoms with Gasteiger partial charge in [-0.25, -0.2) is 4.98 Å². The quantitative estimate of drug-likeness (QED) is 0.457. The van der Waals surface area contributed by atoms with Crippen molar-refractivity contribution in [3.8, 4) is 0 Å². The minimum Gasteiger partial charge on any atom is -0.338 e. The predicted molar refractivity (Wildman–Crippen MR) is 139 cm³/mol. The van der Waals surface area contributed by atoms with Crippen LogP contribution in [0.3, 0.4) is 0 Å². The Hall–Kier alpha value is -4.11. The van der Waals surface area contributed by atoms with Crippen molar-refractivity contribution in [3.05, 3.63) is 89.0 Å². The number of hydrogen-bond donors (Lipinski definition) is 1. The van der Waals surface area contributed by atoms with Crippen molar-refractivity contribution < 1.29 is 9.59 Å². The molecule has 1 fully saturated rings. The topological polar surface area (TPSA) is 98.3 Å². The Morgan fingerprint density at radius 2 is 1.81 bits per heavy atom. The van der Waals surface area contributed by atoms with Gasteiger partial charge in [0.1, 0.15) is 0 Å². The molecule has 2 aliphatic heterocycles. The molecule has 0 unspecified atom stereocenters. The minimum atomic E-state index is 0.0221. The average molecular weight is 496 g/mol. The van der Waals surface area contributed by atoms with Gasteiger partial charge < -0.3 is 9.80 Å². The van der Waals surface area contributed by atoms with Crippen molar-refractivity contribution in [1.29, 1.82) is 0 Å². The van der Waals surface area contributed by atoms with Crippen LogP contribution < -0.4 is 0 Å². The number of rotatable bonds is 5. The Balaban J connectivity index is 1.06. The van der Waals surface area contributed by atoms with Crippen molar-refractivity contribution in [2.45, 2.75) is 25.9 Å². The summed E-state index contributed by atoms with van der Waals surface area (Å²) in [5, 5.41) is 8.04. The standard InChI is InChI=1S/C28H29N7O2/c36-26(35-9-7-24-22(18-35)16-30-27-25(24)17-31-32-27)15-20-4-3-5-21(14-20)28(37)34-12-10-33(11-13-34)19-23-6-1-2-8-29-23/h1-6,8,14,16-17H,7,9-13,15,18-19H2,(H,30,31,32). The van der Waals surface area contributed by atoms with Gasteiger partial charge in [0.2, 0.25) is 5.91 Å². The van der Waals surface area contributed by atoms with E-state index in [-0.39, 0.29) is 18.2 Å². The molecule has 4 aromatic rings. The number of pyridine rings is 2. The molecule has 1 saturated heterocycles. The monoisotopic (exact) mass is 495 g/mol. The first-order chi connectivity index (χ1) is 18.1. The second-order valence-electron chi connectivity index (χ2n) is 9.73. The Morgan fingerprint density at radius 1 is 0.919 bits per heavy atom. The maximum Gasteiger partial charge on any atom is 0.253 e. The average Bonchev–Trinajstić information content (AvgIpc) is 3.43. The molecular formula is C28H29N7O2. The molecule has 2 amide bonds. The number of hydrogen-bond acceptors (Lipinski definition) is 6. The summed E-state index contributed by atoms with van der Waals surface area (Å²) in [6.07, 6.45) is 6.51. The largest absolute Gasteiger partial charge is 0.338 e. The van der Waals surface area contributed by atoms with Crippen LogP contribution in [0.5, 0.6) is 0 Å². The molecule has 9 heteroatoms. The van der Waals surface area contributed by atoms with Gasteiger partial charge in [-0.05, 0) is 47.4 Å². The number of piperazine rings is 1. The third-order valence-electron chi connectivity index (χ3n) is 7.33. The van der Waals surface area contributed by atoms with Crippen LogP contribution in [0.1, 0.15) is 32.7 Å². The van der Waals surface area contributed by atoms with E-state index < -0.39 is 0 Å². The van der Waals surface area contributed by atoms with E-state index in [9.17, 15) is 9.59 Å². The third kappa shape index (κ3) is 4.95. The zero-order valence-corrected chi connectivity index (χ0v) is 20.6. The summed E-state index contributed by atoms with van der Waals surface area (Å²) >= 11 is 0. The lowest BCUT2D eigenvalue weighted by Crippen LogP contribution is -2.48. The van der Waals surface area contributed by atoms with Crippen LogP contribution in [-0.2, 0) is 30.7 Å². The second-order valence-corrected chi connectivity index (χ2v) is 9.73. The third-order valence-corrected chi connectivity index (χ3v) is 7.33. The molecular weight excluding hydrogens is 466 g/mol. The lowest BCUT2D eigenvalue weighted by atomic mass is 9.98. The van der Waals surface area contributed by atoms with Crippen LogP contribution in [0.4, 0.5) is 0 Å². The van der Waals surface area contributed by atoms with Gasteiger partial charge in [0, 0.05) is 69.2 Å². The molecule has 0 radical (unpaired) electrons. The van der Waals surface area contributed by atoms with E-state index in [0.29, 0.717) is 31.7 Å². The molecule has 1 aromatic carbocycles. The highest BCUT2D eigenvalue weighted by molar-refractivity contribution is 5.94. The van der Waals surface area contributed by atoms with E-state index in [2.05, 4.69) is 25.1 Å². The molecule has 5 heterocycles. The van der Waals surface area contributed by atoms with E-state index in [1.807, 2.05) is 70.9 Å². The van der Waals surface area contributed by atoms with Crippen molar-refractivity contribution in [3.63, 3.8) is 0 Å². The summed E-state index contributed by atoms with van der Waals surface area (Å²) in [6, 6.07) is 13.5. The highest BCUT2D eigenvalue weighted by atomic mass is 16.2. The number of carbonyl (C=O) groups is 2. The second kappa shape index (κ2) is 10.1. The maximum atomic E-state index is 13.2. The van der Waals surface area contributed by atoms with Gasteiger partial charge in [-0.2, -0.15) is 5.10 Å². The van der Waals surface area contributed by atoms with Gasteiger partial charge in [0.05, 0.1) is 18.3 Å². The van der Waals surface area contributed by atoms with Gasteiger partial charge >= 0.3 is 0 Å². The highest BCUT2D eigenvalue weighted by Crippen LogP contribution is 2.25. The molecule has 3 aromatic heterocycles. The highest BCUT2D eigenvalue weighted by Gasteiger charge is 2.25. The fourth-order valence-electron chi connectivity index (χ4n) is 5.28. The first-order valence-electron chi connectivity index (χ1n) is 12.7. The smallest absolute Gasteiger partial charge is 0.253 e. The fourth-order valence-corrected chi connectivity index (χ4v) is 5.28. The van der Waals surface area contributed by atoms with Gasteiger partial charge in [-0.15, -0.1) is 0 Å². The van der Waals surface area contributed by atoms with Gasteiger partial charge in [-0.3, -0.25) is 24.6 Å². The van der Waals surface area contributed by atoms with E-state index in [1.54, 1.807) is 0 Å². The van der Waals surface area contributed by atoms with Gasteiger partial charge in [0.15, 0.2) is 5.65 Å². The first-order valence-corrected chi connectivity index (χ1v) is 12.7.